The van der Waals surface area contributed by atoms with Crippen LogP contribution in [-0.4, -0.2) is 43.6 Å². The van der Waals surface area contributed by atoms with Crippen LogP contribution in [0.2, 0.25) is 0 Å². The van der Waals surface area contributed by atoms with E-state index < -0.39 is 0 Å². The predicted octanol–water partition coefficient (Wildman–Crippen LogP) is 4.04. The molecule has 0 aromatic heterocycles. The smallest absolute Gasteiger partial charge is 0.309 e. The number of hydrogen-bond donors (Lipinski definition) is 0. The van der Waals surface area contributed by atoms with Gasteiger partial charge in [-0.15, -0.1) is 11.8 Å². The van der Waals surface area contributed by atoms with Crippen molar-refractivity contribution in [3.63, 3.8) is 0 Å². The van der Waals surface area contributed by atoms with Crippen molar-refractivity contribution in [2.24, 2.45) is 5.92 Å². The highest BCUT2D eigenvalue weighted by molar-refractivity contribution is 8.00. The lowest BCUT2D eigenvalue weighted by molar-refractivity contribution is -0.144. The number of ether oxygens (including phenoxy) is 2. The third-order valence-corrected chi connectivity index (χ3v) is 6.76. The van der Waals surface area contributed by atoms with Crippen molar-refractivity contribution in [3.05, 3.63) is 23.8 Å². The second-order valence-electron chi connectivity index (χ2n) is 7.33. The molecule has 1 saturated heterocycles. The first kappa shape index (κ1) is 18.6. The minimum Gasteiger partial charge on any atom is -0.469 e. The average molecular weight is 364 g/mol. The molecule has 1 saturated carbocycles. The Kier molecular flexibility index (Phi) is 5.95. The van der Waals surface area contributed by atoms with Gasteiger partial charge in [-0.05, 0) is 51.3 Å². The fourth-order valence-electron chi connectivity index (χ4n) is 4.06. The van der Waals surface area contributed by atoms with Crippen molar-refractivity contribution in [2.45, 2.75) is 62.3 Å². The van der Waals surface area contributed by atoms with E-state index in [2.05, 4.69) is 43.9 Å². The maximum absolute atomic E-state index is 12.1. The number of aryl methyl sites for hydroxylation is 1. The number of methoxy groups -OCH3 is 1. The molecular weight excluding hydrogens is 334 g/mol. The molecule has 2 fully saturated rings. The maximum Gasteiger partial charge on any atom is 0.309 e. The Balaban J connectivity index is 1.88. The molecule has 4 nitrogen and oxygen atoms in total. The highest BCUT2D eigenvalue weighted by atomic mass is 32.2. The molecular formula is C20H29NO3S. The van der Waals surface area contributed by atoms with E-state index in [-0.39, 0.29) is 11.9 Å². The molecule has 1 aromatic rings. The lowest BCUT2D eigenvalue weighted by Gasteiger charge is -2.41. The lowest BCUT2D eigenvalue weighted by atomic mass is 10.1. The Labute approximate surface area is 155 Å². The van der Waals surface area contributed by atoms with Gasteiger partial charge in [-0.3, -0.25) is 4.79 Å². The van der Waals surface area contributed by atoms with Crippen LogP contribution in [0.25, 0.3) is 0 Å². The summed E-state index contributed by atoms with van der Waals surface area (Å²) in [6.07, 6.45) is 3.12. The lowest BCUT2D eigenvalue weighted by Crippen LogP contribution is -2.50. The third kappa shape index (κ3) is 3.98. The Morgan fingerprint density at radius 1 is 1.24 bits per heavy atom. The molecule has 0 bridgehead atoms. The van der Waals surface area contributed by atoms with Gasteiger partial charge in [0.05, 0.1) is 31.9 Å². The number of carbonyl (C=O) groups excluding carboxylic acids is 1. The SMILES string of the molecule is COC(=O)C1CCCC1Sc1ccc(C)cc1N1[C@@H](C)COC[C@@H]1C. The van der Waals surface area contributed by atoms with E-state index in [0.29, 0.717) is 17.3 Å². The van der Waals surface area contributed by atoms with E-state index in [1.807, 2.05) is 11.8 Å². The normalized spacial score (nSPS) is 29.7. The number of anilines is 1. The van der Waals surface area contributed by atoms with Crippen LogP contribution in [0.15, 0.2) is 23.1 Å². The van der Waals surface area contributed by atoms with Gasteiger partial charge in [-0.2, -0.15) is 0 Å². The van der Waals surface area contributed by atoms with Crippen molar-refractivity contribution in [1.29, 1.82) is 0 Å². The molecule has 2 unspecified atom stereocenters. The minimum atomic E-state index is -0.0585. The topological polar surface area (TPSA) is 38.8 Å². The Morgan fingerprint density at radius 2 is 1.96 bits per heavy atom. The zero-order valence-electron chi connectivity index (χ0n) is 15.7. The van der Waals surface area contributed by atoms with Crippen LogP contribution in [0.5, 0.6) is 0 Å². The number of esters is 1. The van der Waals surface area contributed by atoms with Crippen LogP contribution in [0.1, 0.15) is 38.7 Å². The van der Waals surface area contributed by atoms with Crippen molar-refractivity contribution in [2.75, 3.05) is 25.2 Å². The number of benzene rings is 1. The average Bonchev–Trinajstić information content (AvgIpc) is 3.04. The van der Waals surface area contributed by atoms with E-state index in [0.717, 1.165) is 32.5 Å². The largest absolute Gasteiger partial charge is 0.469 e. The molecule has 0 radical (unpaired) electrons. The molecule has 0 amide bonds. The number of thioether (sulfide) groups is 1. The first-order chi connectivity index (χ1) is 12.0. The van der Waals surface area contributed by atoms with Gasteiger partial charge < -0.3 is 14.4 Å². The van der Waals surface area contributed by atoms with Gasteiger partial charge in [-0.1, -0.05) is 12.5 Å². The van der Waals surface area contributed by atoms with Crippen LogP contribution < -0.4 is 4.90 Å². The van der Waals surface area contributed by atoms with Gasteiger partial charge in [0.25, 0.3) is 0 Å². The fraction of sp³-hybridized carbons (Fsp3) is 0.650. The molecule has 1 aliphatic carbocycles. The number of morpholine rings is 1. The molecule has 0 spiro atoms. The fourth-order valence-corrected chi connectivity index (χ4v) is 5.51. The summed E-state index contributed by atoms with van der Waals surface area (Å²) in [5.41, 5.74) is 2.55. The number of carbonyl (C=O) groups is 1. The van der Waals surface area contributed by atoms with Crippen LogP contribution >= 0.6 is 11.8 Å². The highest BCUT2D eigenvalue weighted by Gasteiger charge is 2.36. The van der Waals surface area contributed by atoms with E-state index in [4.69, 9.17) is 9.47 Å². The third-order valence-electron chi connectivity index (χ3n) is 5.30. The van der Waals surface area contributed by atoms with E-state index >= 15 is 0 Å². The quantitative estimate of drug-likeness (QED) is 0.755. The Morgan fingerprint density at radius 3 is 2.64 bits per heavy atom. The summed E-state index contributed by atoms with van der Waals surface area (Å²) in [5, 5.41) is 0.306. The van der Waals surface area contributed by atoms with Gasteiger partial charge in [0.2, 0.25) is 0 Å². The highest BCUT2D eigenvalue weighted by Crippen LogP contribution is 2.44. The molecule has 2 aliphatic rings. The second-order valence-corrected chi connectivity index (χ2v) is 8.61. The zero-order chi connectivity index (χ0) is 18.0. The Bertz CT molecular complexity index is 611. The number of hydrogen-bond acceptors (Lipinski definition) is 5. The van der Waals surface area contributed by atoms with Gasteiger partial charge in [0.1, 0.15) is 0 Å². The summed E-state index contributed by atoms with van der Waals surface area (Å²) >= 11 is 1.85. The van der Waals surface area contributed by atoms with E-state index in [9.17, 15) is 4.79 Å². The van der Waals surface area contributed by atoms with Gasteiger partial charge in [-0.25, -0.2) is 0 Å². The van der Waals surface area contributed by atoms with Crippen LogP contribution in [-0.2, 0) is 14.3 Å². The molecule has 3 rings (SSSR count). The van der Waals surface area contributed by atoms with Gasteiger partial charge >= 0.3 is 5.97 Å². The van der Waals surface area contributed by atoms with Gasteiger partial charge in [0, 0.05) is 22.2 Å². The van der Waals surface area contributed by atoms with Gasteiger partial charge in [0.15, 0.2) is 0 Å². The number of rotatable bonds is 4. The first-order valence-corrected chi connectivity index (χ1v) is 10.1. The summed E-state index contributed by atoms with van der Waals surface area (Å²) in [6, 6.07) is 7.37. The monoisotopic (exact) mass is 363 g/mol. The maximum atomic E-state index is 12.1. The zero-order valence-corrected chi connectivity index (χ0v) is 16.5. The van der Waals surface area contributed by atoms with Crippen molar-refractivity contribution in [1.82, 2.24) is 0 Å². The molecule has 0 N–H and O–H groups in total. The summed E-state index contributed by atoms with van der Waals surface area (Å²) in [5.74, 6) is -0.0412. The number of nitrogens with zero attached hydrogens (tertiary/aromatic N) is 1. The molecule has 1 aliphatic heterocycles. The van der Waals surface area contributed by atoms with Crippen molar-refractivity contribution >= 4 is 23.4 Å². The van der Waals surface area contributed by atoms with Crippen molar-refractivity contribution < 1.29 is 14.3 Å². The van der Waals surface area contributed by atoms with E-state index in [1.54, 1.807) is 0 Å². The predicted molar refractivity (Wildman–Crippen MR) is 102 cm³/mol. The minimum absolute atomic E-state index is 0.0173. The van der Waals surface area contributed by atoms with E-state index in [1.165, 1.54) is 23.3 Å². The van der Waals surface area contributed by atoms with Crippen molar-refractivity contribution in [3.8, 4) is 0 Å². The second kappa shape index (κ2) is 8.00. The molecule has 25 heavy (non-hydrogen) atoms. The summed E-state index contributed by atoms with van der Waals surface area (Å²) in [7, 11) is 1.50. The summed E-state index contributed by atoms with van der Waals surface area (Å²) in [6.45, 7) is 8.10. The first-order valence-electron chi connectivity index (χ1n) is 9.22. The standard InChI is InChI=1S/C20H29NO3S/c1-13-8-9-19(25-18-7-5-6-16(18)20(22)23-4)17(10-13)21-14(2)11-24-12-15(21)3/h8-10,14-16,18H,5-7,11-12H2,1-4H3/t14-,15-,16?,18?/m0/s1. The molecule has 138 valence electrons. The van der Waals surface area contributed by atoms with Crippen LogP contribution in [0, 0.1) is 12.8 Å². The summed E-state index contributed by atoms with van der Waals surface area (Å²) in [4.78, 5) is 15.9. The van der Waals surface area contributed by atoms with Crippen LogP contribution in [0.3, 0.4) is 0 Å². The van der Waals surface area contributed by atoms with Crippen LogP contribution in [0.4, 0.5) is 5.69 Å². The molecule has 1 aromatic carbocycles. The molecule has 4 atom stereocenters. The summed E-state index contributed by atoms with van der Waals surface area (Å²) < 4.78 is 10.7. The molecule has 5 heteroatoms. The Hall–Kier alpha value is -1.20. The molecule has 1 heterocycles.